The Labute approximate surface area is 117 Å². The fraction of sp³-hybridized carbons (Fsp3) is 0.429. The number of hydrogen-bond donors (Lipinski definition) is 0. The molecule has 1 atom stereocenters. The summed E-state index contributed by atoms with van der Waals surface area (Å²) in [5, 5.41) is 0.344. The minimum atomic E-state index is -0.269. The number of aromatic nitrogens is 2. The zero-order valence-electron chi connectivity index (χ0n) is 11.1. The lowest BCUT2D eigenvalue weighted by Crippen LogP contribution is -2.27. The van der Waals surface area contributed by atoms with Crippen molar-refractivity contribution in [2.24, 2.45) is 0 Å². The van der Waals surface area contributed by atoms with Crippen LogP contribution in [0.25, 0.3) is 10.9 Å². The second kappa shape index (κ2) is 6.17. The molecule has 0 saturated carbocycles. The van der Waals surface area contributed by atoms with E-state index < -0.39 is 0 Å². The molecule has 2 rings (SSSR count). The molecule has 0 aliphatic rings. The Morgan fingerprint density at radius 1 is 1.42 bits per heavy atom. The number of nitrogens with zero attached hydrogens (tertiary/aromatic N) is 2. The molecule has 0 saturated heterocycles. The first-order valence-electron chi connectivity index (χ1n) is 6.31. The highest BCUT2D eigenvalue weighted by Crippen LogP contribution is 2.22. The van der Waals surface area contributed by atoms with Crippen LogP contribution in [0.15, 0.2) is 29.1 Å². The molecule has 19 heavy (non-hydrogen) atoms. The molecule has 0 fully saturated rings. The third-order valence-electron chi connectivity index (χ3n) is 3.05. The highest BCUT2D eigenvalue weighted by molar-refractivity contribution is 6.20. The maximum Gasteiger partial charge on any atom is 0.261 e. The highest BCUT2D eigenvalue weighted by atomic mass is 35.5. The summed E-state index contributed by atoms with van der Waals surface area (Å²) in [6.45, 7) is 2.89. The fourth-order valence-electron chi connectivity index (χ4n) is 2.01. The summed E-state index contributed by atoms with van der Waals surface area (Å²) in [5.41, 5.74) is 0.631. The predicted octanol–water partition coefficient (Wildman–Crippen LogP) is 2.73. The summed E-state index contributed by atoms with van der Waals surface area (Å²) in [5.74, 6) is 0.616. The van der Waals surface area contributed by atoms with E-state index in [4.69, 9.17) is 16.3 Å². The average Bonchev–Trinajstić information content (AvgIpc) is 2.45. The van der Waals surface area contributed by atoms with Crippen LogP contribution >= 0.6 is 11.6 Å². The van der Waals surface area contributed by atoms with Gasteiger partial charge in [0.05, 0.1) is 29.4 Å². The van der Waals surface area contributed by atoms with Crippen LogP contribution in [0.2, 0.25) is 0 Å². The van der Waals surface area contributed by atoms with Gasteiger partial charge in [-0.1, -0.05) is 19.1 Å². The maximum absolute atomic E-state index is 12.5. The highest BCUT2D eigenvalue weighted by Gasteiger charge is 2.16. The van der Waals surface area contributed by atoms with Gasteiger partial charge in [0, 0.05) is 7.11 Å². The molecule has 0 N–H and O–H groups in total. The van der Waals surface area contributed by atoms with Gasteiger partial charge in [-0.3, -0.25) is 9.36 Å². The second-order valence-electron chi connectivity index (χ2n) is 4.31. The lowest BCUT2D eigenvalue weighted by atomic mass is 10.2. The molecule has 0 amide bonds. The Kier molecular flexibility index (Phi) is 4.56. The van der Waals surface area contributed by atoms with E-state index in [0.717, 1.165) is 6.42 Å². The van der Waals surface area contributed by atoms with Gasteiger partial charge in [0.25, 0.3) is 5.56 Å². The molecule has 0 bridgehead atoms. The SMILES string of the molecule is CCC(Cl)c1nc2ccccc2c(=O)n1CCOC. The molecule has 1 aromatic heterocycles. The van der Waals surface area contributed by atoms with E-state index in [0.29, 0.717) is 29.9 Å². The quantitative estimate of drug-likeness (QED) is 0.791. The normalized spacial score (nSPS) is 12.8. The first-order chi connectivity index (χ1) is 9.19. The lowest BCUT2D eigenvalue weighted by molar-refractivity contribution is 0.185. The van der Waals surface area contributed by atoms with Crippen LogP contribution in [-0.4, -0.2) is 23.3 Å². The van der Waals surface area contributed by atoms with Crippen molar-refractivity contribution in [3.05, 3.63) is 40.4 Å². The van der Waals surface area contributed by atoms with Crippen molar-refractivity contribution >= 4 is 22.5 Å². The summed E-state index contributed by atoms with van der Waals surface area (Å²) in [7, 11) is 1.61. The summed E-state index contributed by atoms with van der Waals surface area (Å²) in [6.07, 6.45) is 0.722. The van der Waals surface area contributed by atoms with E-state index in [2.05, 4.69) is 4.98 Å². The number of para-hydroxylation sites is 1. The Balaban J connectivity index is 2.65. The van der Waals surface area contributed by atoms with Gasteiger partial charge >= 0.3 is 0 Å². The summed E-state index contributed by atoms with van der Waals surface area (Å²) in [6, 6.07) is 7.32. The molecule has 4 nitrogen and oxygen atoms in total. The molecule has 0 radical (unpaired) electrons. The molecular weight excluding hydrogens is 264 g/mol. The first-order valence-corrected chi connectivity index (χ1v) is 6.75. The third-order valence-corrected chi connectivity index (χ3v) is 3.55. The second-order valence-corrected chi connectivity index (χ2v) is 4.84. The van der Waals surface area contributed by atoms with Crippen LogP contribution in [0.3, 0.4) is 0 Å². The molecule has 0 aliphatic carbocycles. The van der Waals surface area contributed by atoms with Gasteiger partial charge in [-0.15, -0.1) is 11.6 Å². The van der Waals surface area contributed by atoms with Crippen molar-refractivity contribution in [2.75, 3.05) is 13.7 Å². The molecular formula is C14H17ClN2O2. The van der Waals surface area contributed by atoms with Crippen molar-refractivity contribution < 1.29 is 4.74 Å². The van der Waals surface area contributed by atoms with Crippen molar-refractivity contribution in [3.8, 4) is 0 Å². The van der Waals surface area contributed by atoms with Gasteiger partial charge < -0.3 is 4.74 Å². The van der Waals surface area contributed by atoms with Crippen LogP contribution in [0.1, 0.15) is 24.5 Å². The van der Waals surface area contributed by atoms with E-state index in [1.54, 1.807) is 17.7 Å². The molecule has 0 spiro atoms. The molecule has 0 aliphatic heterocycles. The van der Waals surface area contributed by atoms with E-state index >= 15 is 0 Å². The molecule has 1 aromatic carbocycles. The van der Waals surface area contributed by atoms with Crippen molar-refractivity contribution in [3.63, 3.8) is 0 Å². The molecule has 1 heterocycles. The molecule has 1 unspecified atom stereocenters. The zero-order chi connectivity index (χ0) is 13.8. The van der Waals surface area contributed by atoms with Gasteiger partial charge in [0.2, 0.25) is 0 Å². The number of halogens is 1. The van der Waals surface area contributed by atoms with Crippen molar-refractivity contribution in [1.29, 1.82) is 0 Å². The van der Waals surface area contributed by atoms with Gasteiger partial charge in [0.1, 0.15) is 5.82 Å². The predicted molar refractivity (Wildman–Crippen MR) is 76.8 cm³/mol. The summed E-state index contributed by atoms with van der Waals surface area (Å²) >= 11 is 6.28. The number of methoxy groups -OCH3 is 1. The largest absolute Gasteiger partial charge is 0.383 e. The number of rotatable bonds is 5. The van der Waals surface area contributed by atoms with Crippen molar-refractivity contribution in [1.82, 2.24) is 9.55 Å². The minimum absolute atomic E-state index is 0.0586. The number of ether oxygens (including phenoxy) is 1. The Morgan fingerprint density at radius 2 is 2.16 bits per heavy atom. The standard InChI is InChI=1S/C14H17ClN2O2/c1-3-11(15)13-16-12-7-5-4-6-10(12)14(18)17(13)8-9-19-2/h4-7,11H,3,8-9H2,1-2H3. The molecule has 5 heteroatoms. The zero-order valence-corrected chi connectivity index (χ0v) is 11.9. The lowest BCUT2D eigenvalue weighted by Gasteiger charge is -2.15. The third kappa shape index (κ3) is 2.80. The molecule has 2 aromatic rings. The van der Waals surface area contributed by atoms with E-state index in [9.17, 15) is 4.79 Å². The smallest absolute Gasteiger partial charge is 0.261 e. The topological polar surface area (TPSA) is 44.1 Å². The van der Waals surface area contributed by atoms with Gasteiger partial charge in [-0.05, 0) is 18.6 Å². The number of fused-ring (bicyclic) bond motifs is 1. The Bertz CT molecular complexity index is 624. The van der Waals surface area contributed by atoms with E-state index in [1.165, 1.54) is 0 Å². The number of alkyl halides is 1. The molecule has 102 valence electrons. The van der Waals surface area contributed by atoms with Crippen LogP contribution in [0.4, 0.5) is 0 Å². The van der Waals surface area contributed by atoms with E-state index in [-0.39, 0.29) is 10.9 Å². The van der Waals surface area contributed by atoms with Crippen LogP contribution in [0.5, 0.6) is 0 Å². The van der Waals surface area contributed by atoms with Crippen LogP contribution < -0.4 is 5.56 Å². The van der Waals surface area contributed by atoms with E-state index in [1.807, 2.05) is 25.1 Å². The van der Waals surface area contributed by atoms with Gasteiger partial charge in [0.15, 0.2) is 0 Å². The number of hydrogen-bond acceptors (Lipinski definition) is 3. The summed E-state index contributed by atoms with van der Waals surface area (Å²) in [4.78, 5) is 17.0. The van der Waals surface area contributed by atoms with Gasteiger partial charge in [-0.25, -0.2) is 4.98 Å². The average molecular weight is 281 g/mol. The first kappa shape index (κ1) is 14.0. The van der Waals surface area contributed by atoms with Gasteiger partial charge in [-0.2, -0.15) is 0 Å². The Hall–Kier alpha value is -1.39. The van der Waals surface area contributed by atoms with Crippen molar-refractivity contribution in [2.45, 2.75) is 25.3 Å². The Morgan fingerprint density at radius 3 is 2.84 bits per heavy atom. The number of benzene rings is 1. The monoisotopic (exact) mass is 280 g/mol. The summed E-state index contributed by atoms with van der Waals surface area (Å²) < 4.78 is 6.67. The van der Waals surface area contributed by atoms with Crippen LogP contribution in [-0.2, 0) is 11.3 Å². The fourth-order valence-corrected chi connectivity index (χ4v) is 2.17. The maximum atomic E-state index is 12.5. The van der Waals surface area contributed by atoms with Crippen LogP contribution in [0, 0.1) is 0 Å². The minimum Gasteiger partial charge on any atom is -0.383 e.